The lowest BCUT2D eigenvalue weighted by molar-refractivity contribution is 0.125. The minimum atomic E-state index is -0.904. The molecule has 2 rings (SSSR count). The highest BCUT2D eigenvalue weighted by molar-refractivity contribution is 7.80. The Kier molecular flexibility index (Phi) is 4.38. The zero-order valence-electron chi connectivity index (χ0n) is 10.7. The molecule has 1 saturated heterocycles. The first kappa shape index (κ1) is 14.1. The largest absolute Gasteiger partial charge is 0.465 e. The quantitative estimate of drug-likeness (QED) is 0.764. The molecule has 1 aromatic rings. The summed E-state index contributed by atoms with van der Waals surface area (Å²) in [5.74, 6) is 0. The van der Waals surface area contributed by atoms with Crippen LogP contribution in [-0.2, 0) is 0 Å². The van der Waals surface area contributed by atoms with E-state index in [-0.39, 0.29) is 0 Å². The number of carboxylic acid groups (broad SMARTS) is 1. The monoisotopic (exact) mass is 290 g/mol. The Morgan fingerprint density at radius 2 is 1.85 bits per heavy atom. The zero-order valence-corrected chi connectivity index (χ0v) is 11.6. The molecule has 0 bridgehead atoms. The second kappa shape index (κ2) is 6.21. The molecule has 1 aromatic carbocycles. The fraction of sp³-hybridized carbons (Fsp3) is 0.308. The van der Waals surface area contributed by atoms with Crippen LogP contribution in [0, 0.1) is 11.3 Å². The highest BCUT2D eigenvalue weighted by Crippen LogP contribution is 2.15. The van der Waals surface area contributed by atoms with Crippen LogP contribution in [-0.4, -0.2) is 52.3 Å². The van der Waals surface area contributed by atoms with E-state index in [1.807, 2.05) is 11.0 Å². The van der Waals surface area contributed by atoms with Crippen LogP contribution in [0.2, 0.25) is 0 Å². The van der Waals surface area contributed by atoms with Crippen molar-refractivity contribution in [3.05, 3.63) is 29.8 Å². The van der Waals surface area contributed by atoms with Crippen molar-refractivity contribution in [3.8, 4) is 6.07 Å². The van der Waals surface area contributed by atoms with Crippen LogP contribution in [0.4, 0.5) is 10.5 Å². The highest BCUT2D eigenvalue weighted by Gasteiger charge is 2.22. The molecular weight excluding hydrogens is 276 g/mol. The molecule has 0 atom stereocenters. The maximum absolute atomic E-state index is 10.8. The molecule has 2 N–H and O–H groups in total. The lowest BCUT2D eigenvalue weighted by Gasteiger charge is -2.34. The van der Waals surface area contributed by atoms with E-state index in [4.69, 9.17) is 22.6 Å². The van der Waals surface area contributed by atoms with E-state index in [0.29, 0.717) is 42.5 Å². The fourth-order valence-electron chi connectivity index (χ4n) is 1.98. The number of carbonyl (C=O) groups is 1. The Balaban J connectivity index is 1.97. The van der Waals surface area contributed by atoms with Crippen molar-refractivity contribution in [1.82, 2.24) is 9.80 Å². The molecule has 1 aliphatic rings. The van der Waals surface area contributed by atoms with Gasteiger partial charge in [-0.15, -0.1) is 0 Å². The van der Waals surface area contributed by atoms with Crippen molar-refractivity contribution in [2.45, 2.75) is 0 Å². The first-order chi connectivity index (χ1) is 9.61. The van der Waals surface area contributed by atoms with E-state index in [9.17, 15) is 4.79 Å². The molecule has 6 nitrogen and oxygen atoms in total. The molecule has 0 spiro atoms. The van der Waals surface area contributed by atoms with Crippen molar-refractivity contribution in [2.24, 2.45) is 0 Å². The lowest BCUT2D eigenvalue weighted by atomic mass is 10.2. The summed E-state index contributed by atoms with van der Waals surface area (Å²) in [7, 11) is 0. The normalized spacial score (nSPS) is 14.6. The minimum absolute atomic E-state index is 0.428. The predicted molar refractivity (Wildman–Crippen MR) is 78.5 cm³/mol. The van der Waals surface area contributed by atoms with E-state index >= 15 is 0 Å². The first-order valence-corrected chi connectivity index (χ1v) is 6.55. The van der Waals surface area contributed by atoms with Crippen LogP contribution in [0.3, 0.4) is 0 Å². The first-order valence-electron chi connectivity index (χ1n) is 6.14. The number of hydrogen-bond donors (Lipinski definition) is 2. The number of nitriles is 1. The van der Waals surface area contributed by atoms with Crippen LogP contribution >= 0.6 is 12.2 Å². The fourth-order valence-corrected chi connectivity index (χ4v) is 2.28. The van der Waals surface area contributed by atoms with E-state index in [2.05, 4.69) is 11.4 Å². The van der Waals surface area contributed by atoms with E-state index < -0.39 is 6.09 Å². The van der Waals surface area contributed by atoms with Crippen LogP contribution < -0.4 is 5.32 Å². The Hall–Kier alpha value is -2.33. The van der Waals surface area contributed by atoms with Gasteiger partial charge in [-0.2, -0.15) is 5.26 Å². The minimum Gasteiger partial charge on any atom is -0.465 e. The van der Waals surface area contributed by atoms with Gasteiger partial charge in [0.25, 0.3) is 0 Å². The van der Waals surface area contributed by atoms with Gasteiger partial charge in [0.2, 0.25) is 0 Å². The molecule has 7 heteroatoms. The smallest absolute Gasteiger partial charge is 0.407 e. The van der Waals surface area contributed by atoms with Crippen LogP contribution in [0.15, 0.2) is 24.3 Å². The van der Waals surface area contributed by atoms with Gasteiger partial charge in [-0.3, -0.25) is 0 Å². The van der Waals surface area contributed by atoms with Gasteiger partial charge >= 0.3 is 6.09 Å². The third-order valence-electron chi connectivity index (χ3n) is 3.13. The number of piperazine rings is 1. The topological polar surface area (TPSA) is 79.6 Å². The summed E-state index contributed by atoms with van der Waals surface area (Å²) in [4.78, 5) is 14.1. The van der Waals surface area contributed by atoms with Gasteiger partial charge in [-0.25, -0.2) is 4.79 Å². The summed E-state index contributed by atoms with van der Waals surface area (Å²) < 4.78 is 0. The highest BCUT2D eigenvalue weighted by atomic mass is 32.1. The van der Waals surface area contributed by atoms with Gasteiger partial charge in [0.05, 0.1) is 11.3 Å². The third kappa shape index (κ3) is 3.16. The molecule has 0 saturated carbocycles. The van der Waals surface area contributed by atoms with Gasteiger partial charge in [-0.1, -0.05) is 12.1 Å². The Morgan fingerprint density at radius 3 is 2.45 bits per heavy atom. The van der Waals surface area contributed by atoms with Gasteiger partial charge in [0, 0.05) is 26.2 Å². The van der Waals surface area contributed by atoms with Crippen LogP contribution in [0.5, 0.6) is 0 Å². The average Bonchev–Trinajstić information content (AvgIpc) is 2.48. The maximum Gasteiger partial charge on any atom is 0.407 e. The molecule has 0 unspecified atom stereocenters. The molecule has 1 aliphatic heterocycles. The van der Waals surface area contributed by atoms with Gasteiger partial charge in [-0.05, 0) is 24.4 Å². The summed E-state index contributed by atoms with van der Waals surface area (Å²) in [6.07, 6.45) is -0.904. The van der Waals surface area contributed by atoms with Crippen LogP contribution in [0.25, 0.3) is 0 Å². The summed E-state index contributed by atoms with van der Waals surface area (Å²) in [6.45, 7) is 1.95. The van der Waals surface area contributed by atoms with Crippen LogP contribution in [0.1, 0.15) is 5.56 Å². The van der Waals surface area contributed by atoms with Crippen molar-refractivity contribution in [3.63, 3.8) is 0 Å². The van der Waals surface area contributed by atoms with E-state index in [0.717, 1.165) is 0 Å². The van der Waals surface area contributed by atoms with Gasteiger partial charge in [0.15, 0.2) is 5.11 Å². The number of amides is 1. The molecule has 1 amide bonds. The predicted octanol–water partition coefficient (Wildman–Crippen LogP) is 1.55. The number of nitrogens with one attached hydrogen (secondary N) is 1. The molecule has 1 heterocycles. The number of thiocarbonyl (C=S) groups is 1. The number of benzene rings is 1. The number of nitrogens with zero attached hydrogens (tertiary/aromatic N) is 3. The second-order valence-corrected chi connectivity index (χ2v) is 4.73. The second-order valence-electron chi connectivity index (χ2n) is 4.34. The third-order valence-corrected chi connectivity index (χ3v) is 3.49. The maximum atomic E-state index is 10.8. The molecule has 0 aromatic heterocycles. The molecule has 1 fully saturated rings. The number of hydrogen-bond acceptors (Lipinski definition) is 3. The molecule has 0 aliphatic carbocycles. The summed E-state index contributed by atoms with van der Waals surface area (Å²) >= 11 is 5.31. The van der Waals surface area contributed by atoms with Crippen molar-refractivity contribution >= 4 is 29.1 Å². The van der Waals surface area contributed by atoms with Crippen molar-refractivity contribution < 1.29 is 9.90 Å². The summed E-state index contributed by atoms with van der Waals surface area (Å²) in [5.41, 5.74) is 1.19. The standard InChI is InChI=1S/C13H14N4O2S/c14-9-10-3-1-2-4-11(10)15-12(20)16-5-7-17(8-6-16)13(18)19/h1-4H,5-8H2,(H,15,20)(H,18,19). The zero-order chi connectivity index (χ0) is 14.5. The Morgan fingerprint density at radius 1 is 1.25 bits per heavy atom. The summed E-state index contributed by atoms with van der Waals surface area (Å²) in [6, 6.07) is 9.22. The number of anilines is 1. The Bertz CT molecular complexity index is 562. The average molecular weight is 290 g/mol. The molecular formula is C13H14N4O2S. The van der Waals surface area contributed by atoms with Crippen molar-refractivity contribution in [1.29, 1.82) is 5.26 Å². The van der Waals surface area contributed by atoms with E-state index in [1.54, 1.807) is 18.2 Å². The van der Waals surface area contributed by atoms with Gasteiger partial charge in [0.1, 0.15) is 6.07 Å². The van der Waals surface area contributed by atoms with E-state index in [1.165, 1.54) is 4.90 Å². The number of para-hydroxylation sites is 1. The van der Waals surface area contributed by atoms with Gasteiger partial charge < -0.3 is 20.2 Å². The lowest BCUT2D eigenvalue weighted by Crippen LogP contribution is -2.51. The number of rotatable bonds is 1. The molecule has 0 radical (unpaired) electrons. The Labute approximate surface area is 122 Å². The molecule has 104 valence electrons. The SMILES string of the molecule is N#Cc1ccccc1NC(=S)N1CCN(C(=O)O)CC1. The van der Waals surface area contributed by atoms with Crippen molar-refractivity contribution in [2.75, 3.05) is 31.5 Å². The summed E-state index contributed by atoms with van der Waals surface area (Å²) in [5, 5.41) is 21.5. The molecule has 20 heavy (non-hydrogen) atoms.